The molecule has 0 saturated heterocycles. The topological polar surface area (TPSA) is 48.1 Å². The lowest BCUT2D eigenvalue weighted by Gasteiger charge is -2.06. The molecule has 0 amide bonds. The van der Waals surface area contributed by atoms with Crippen LogP contribution in [0.3, 0.4) is 0 Å². The van der Waals surface area contributed by atoms with E-state index in [1.54, 1.807) is 6.07 Å². The predicted octanol–water partition coefficient (Wildman–Crippen LogP) is 2.85. The van der Waals surface area contributed by atoms with Crippen LogP contribution in [0.15, 0.2) is 42.5 Å². The van der Waals surface area contributed by atoms with Crippen LogP contribution < -0.4 is 10.5 Å². The lowest BCUT2D eigenvalue weighted by atomic mass is 10.3. The molecule has 1 heterocycles. The van der Waals surface area contributed by atoms with Gasteiger partial charge in [0, 0.05) is 3.57 Å². The van der Waals surface area contributed by atoms with Crippen molar-refractivity contribution in [2.75, 3.05) is 5.73 Å². The van der Waals surface area contributed by atoms with Gasteiger partial charge in [-0.3, -0.25) is 0 Å². The van der Waals surface area contributed by atoms with Gasteiger partial charge in [-0.25, -0.2) is 4.98 Å². The Bertz CT molecular complexity index is 442. The van der Waals surface area contributed by atoms with E-state index in [9.17, 15) is 0 Å². The first kappa shape index (κ1) is 11.2. The van der Waals surface area contributed by atoms with Crippen LogP contribution in [-0.4, -0.2) is 4.98 Å². The molecule has 0 atom stereocenters. The second kappa shape index (κ2) is 5.16. The molecule has 0 radical (unpaired) electrons. The van der Waals surface area contributed by atoms with E-state index in [0.717, 1.165) is 15.0 Å². The lowest BCUT2D eigenvalue weighted by molar-refractivity contribution is 0.301. The number of aromatic nitrogens is 1. The van der Waals surface area contributed by atoms with Crippen LogP contribution in [0.5, 0.6) is 5.75 Å². The summed E-state index contributed by atoms with van der Waals surface area (Å²) in [5.41, 5.74) is 6.42. The van der Waals surface area contributed by atoms with Gasteiger partial charge in [-0.2, -0.15) is 0 Å². The molecule has 0 aliphatic heterocycles. The van der Waals surface area contributed by atoms with Crippen molar-refractivity contribution in [2.24, 2.45) is 0 Å². The Labute approximate surface area is 108 Å². The highest BCUT2D eigenvalue weighted by Gasteiger charge is 1.98. The average molecular weight is 326 g/mol. The SMILES string of the molecule is Nc1cccc(COc2cccc(I)c2)n1. The molecule has 3 nitrogen and oxygen atoms in total. The van der Waals surface area contributed by atoms with Crippen molar-refractivity contribution in [1.29, 1.82) is 0 Å². The Hall–Kier alpha value is -1.30. The maximum atomic E-state index is 5.61. The van der Waals surface area contributed by atoms with E-state index in [1.165, 1.54) is 0 Å². The number of ether oxygens (including phenoxy) is 1. The van der Waals surface area contributed by atoms with E-state index in [4.69, 9.17) is 10.5 Å². The van der Waals surface area contributed by atoms with Crippen LogP contribution in [0, 0.1) is 3.57 Å². The molecule has 1 aromatic heterocycles. The smallest absolute Gasteiger partial charge is 0.130 e. The van der Waals surface area contributed by atoms with Gasteiger partial charge in [0.2, 0.25) is 0 Å². The lowest BCUT2D eigenvalue weighted by Crippen LogP contribution is -2.00. The summed E-state index contributed by atoms with van der Waals surface area (Å²) >= 11 is 2.25. The summed E-state index contributed by atoms with van der Waals surface area (Å²) in [6.07, 6.45) is 0. The van der Waals surface area contributed by atoms with E-state index in [-0.39, 0.29) is 0 Å². The maximum absolute atomic E-state index is 5.61. The average Bonchev–Trinajstić information content (AvgIpc) is 2.27. The first-order chi connectivity index (χ1) is 7.74. The monoisotopic (exact) mass is 326 g/mol. The minimum atomic E-state index is 0.436. The number of nitrogens with two attached hydrogens (primary N) is 1. The molecule has 0 aliphatic carbocycles. The van der Waals surface area contributed by atoms with Gasteiger partial charge in [-0.1, -0.05) is 12.1 Å². The summed E-state index contributed by atoms with van der Waals surface area (Å²) in [6, 6.07) is 13.4. The second-order valence-corrected chi connectivity index (χ2v) is 4.55. The fourth-order valence-corrected chi connectivity index (χ4v) is 1.81. The van der Waals surface area contributed by atoms with Crippen molar-refractivity contribution in [2.45, 2.75) is 6.61 Å². The molecule has 2 rings (SSSR count). The third kappa shape index (κ3) is 3.10. The Morgan fingerprint density at radius 1 is 1.19 bits per heavy atom. The van der Waals surface area contributed by atoms with Crippen LogP contribution in [0.2, 0.25) is 0 Å². The van der Waals surface area contributed by atoms with Crippen molar-refractivity contribution in [3.05, 3.63) is 51.7 Å². The van der Waals surface area contributed by atoms with Crippen LogP contribution in [0.1, 0.15) is 5.69 Å². The van der Waals surface area contributed by atoms with Crippen molar-refractivity contribution in [1.82, 2.24) is 4.98 Å². The van der Waals surface area contributed by atoms with E-state index >= 15 is 0 Å². The summed E-state index contributed by atoms with van der Waals surface area (Å²) in [6.45, 7) is 0.436. The number of rotatable bonds is 3. The quantitative estimate of drug-likeness (QED) is 0.883. The third-order valence-corrected chi connectivity index (χ3v) is 2.68. The minimum Gasteiger partial charge on any atom is -0.487 e. The standard InChI is InChI=1S/C12H11IN2O/c13-9-3-1-5-11(7-9)16-8-10-4-2-6-12(14)15-10/h1-7H,8H2,(H2,14,15). The predicted molar refractivity (Wildman–Crippen MR) is 72.1 cm³/mol. The molecule has 1 aromatic carbocycles. The molecular formula is C12H11IN2O. The number of hydrogen-bond donors (Lipinski definition) is 1. The van der Waals surface area contributed by atoms with E-state index in [0.29, 0.717) is 12.4 Å². The molecule has 0 fully saturated rings. The van der Waals surface area contributed by atoms with E-state index in [1.807, 2.05) is 36.4 Å². The van der Waals surface area contributed by atoms with Gasteiger partial charge in [-0.15, -0.1) is 0 Å². The van der Waals surface area contributed by atoms with Gasteiger partial charge in [0.1, 0.15) is 18.2 Å². The molecule has 2 aromatic rings. The Balaban J connectivity index is 2.02. The molecule has 0 aliphatic rings. The van der Waals surface area contributed by atoms with Gasteiger partial charge in [0.25, 0.3) is 0 Å². The largest absolute Gasteiger partial charge is 0.487 e. The normalized spacial score (nSPS) is 10.1. The molecule has 0 saturated carbocycles. The number of pyridine rings is 1. The van der Waals surface area contributed by atoms with Crippen LogP contribution in [0.25, 0.3) is 0 Å². The number of nitrogen functional groups attached to an aromatic ring is 1. The highest BCUT2D eigenvalue weighted by molar-refractivity contribution is 14.1. The Morgan fingerprint density at radius 3 is 2.75 bits per heavy atom. The van der Waals surface area contributed by atoms with Gasteiger partial charge < -0.3 is 10.5 Å². The fourth-order valence-electron chi connectivity index (χ4n) is 1.29. The fraction of sp³-hybridized carbons (Fsp3) is 0.0833. The first-order valence-electron chi connectivity index (χ1n) is 4.84. The molecule has 0 bridgehead atoms. The maximum Gasteiger partial charge on any atom is 0.130 e. The first-order valence-corrected chi connectivity index (χ1v) is 5.92. The van der Waals surface area contributed by atoms with Crippen LogP contribution >= 0.6 is 22.6 Å². The van der Waals surface area contributed by atoms with Gasteiger partial charge in [0.15, 0.2) is 0 Å². The van der Waals surface area contributed by atoms with Crippen molar-refractivity contribution >= 4 is 28.4 Å². The third-order valence-electron chi connectivity index (χ3n) is 2.01. The van der Waals surface area contributed by atoms with Crippen molar-refractivity contribution in [3.8, 4) is 5.75 Å². The second-order valence-electron chi connectivity index (χ2n) is 3.30. The molecule has 16 heavy (non-hydrogen) atoms. The van der Waals surface area contributed by atoms with Crippen LogP contribution in [0.4, 0.5) is 5.82 Å². The summed E-state index contributed by atoms with van der Waals surface area (Å²) in [7, 11) is 0. The number of nitrogens with zero attached hydrogens (tertiary/aromatic N) is 1. The molecule has 0 spiro atoms. The van der Waals surface area contributed by atoms with E-state index < -0.39 is 0 Å². The highest BCUT2D eigenvalue weighted by atomic mass is 127. The summed E-state index contributed by atoms with van der Waals surface area (Å²) < 4.78 is 6.75. The number of anilines is 1. The van der Waals surface area contributed by atoms with Gasteiger partial charge in [0.05, 0.1) is 5.69 Å². The van der Waals surface area contributed by atoms with E-state index in [2.05, 4.69) is 27.6 Å². The number of benzene rings is 1. The molecule has 82 valence electrons. The van der Waals surface area contributed by atoms with Crippen LogP contribution in [-0.2, 0) is 6.61 Å². The Morgan fingerprint density at radius 2 is 2.00 bits per heavy atom. The number of halogens is 1. The zero-order valence-electron chi connectivity index (χ0n) is 8.56. The zero-order chi connectivity index (χ0) is 11.4. The minimum absolute atomic E-state index is 0.436. The van der Waals surface area contributed by atoms with Crippen molar-refractivity contribution in [3.63, 3.8) is 0 Å². The molecule has 0 unspecified atom stereocenters. The zero-order valence-corrected chi connectivity index (χ0v) is 10.7. The summed E-state index contributed by atoms with van der Waals surface area (Å²) in [4.78, 5) is 4.16. The van der Waals surface area contributed by atoms with Gasteiger partial charge in [-0.05, 0) is 52.9 Å². The van der Waals surface area contributed by atoms with Crippen molar-refractivity contribution < 1.29 is 4.74 Å². The molecule has 2 N–H and O–H groups in total. The highest BCUT2D eigenvalue weighted by Crippen LogP contribution is 2.16. The summed E-state index contributed by atoms with van der Waals surface area (Å²) in [5.74, 6) is 1.36. The summed E-state index contributed by atoms with van der Waals surface area (Å²) in [5, 5.41) is 0. The Kier molecular flexibility index (Phi) is 3.61. The van der Waals surface area contributed by atoms with Gasteiger partial charge >= 0.3 is 0 Å². The number of hydrogen-bond acceptors (Lipinski definition) is 3. The molecular weight excluding hydrogens is 315 g/mol. The molecule has 4 heteroatoms.